The topological polar surface area (TPSA) is 60.1 Å². The highest BCUT2D eigenvalue weighted by Crippen LogP contribution is 2.32. The first-order valence-corrected chi connectivity index (χ1v) is 3.94. The van der Waals surface area contributed by atoms with Crippen molar-refractivity contribution in [2.75, 3.05) is 5.43 Å². The summed E-state index contributed by atoms with van der Waals surface area (Å²) in [5.41, 5.74) is 7.77. The first kappa shape index (κ1) is 10.1. The van der Waals surface area contributed by atoms with Crippen LogP contribution in [0.3, 0.4) is 0 Å². The summed E-state index contributed by atoms with van der Waals surface area (Å²) in [6, 6.07) is 3.69. The van der Waals surface area contributed by atoms with E-state index < -0.39 is 5.54 Å². The number of hydrogen-bond donors (Lipinski definition) is 2. The molecule has 1 saturated carbocycles. The summed E-state index contributed by atoms with van der Waals surface area (Å²) in [6.45, 7) is 0. The minimum atomic E-state index is -0.593. The second kappa shape index (κ2) is 3.40. The van der Waals surface area contributed by atoms with Gasteiger partial charge in [-0.05, 0) is 25.0 Å². The van der Waals surface area contributed by atoms with Crippen LogP contribution in [0.4, 0.5) is 0 Å². The van der Waals surface area contributed by atoms with E-state index >= 15 is 0 Å². The molecular weight excluding hydrogens is 190 g/mol. The number of aromatic nitrogens is 1. The molecule has 0 atom stereocenters. The predicted molar refractivity (Wildman–Crippen MR) is 52.2 cm³/mol. The maximum atomic E-state index is 11.3. The van der Waals surface area contributed by atoms with Crippen LogP contribution in [0.2, 0.25) is 0 Å². The van der Waals surface area contributed by atoms with E-state index in [2.05, 4.69) is 5.43 Å². The van der Waals surface area contributed by atoms with E-state index in [4.69, 9.17) is 5.73 Å². The maximum absolute atomic E-state index is 11.3. The number of amides is 1. The van der Waals surface area contributed by atoms with E-state index in [-0.39, 0.29) is 18.3 Å². The van der Waals surface area contributed by atoms with Gasteiger partial charge in [-0.2, -0.15) is 0 Å². The van der Waals surface area contributed by atoms with Gasteiger partial charge in [-0.1, -0.05) is 0 Å². The summed E-state index contributed by atoms with van der Waals surface area (Å²) in [6.07, 6.45) is 5.12. The first-order valence-electron chi connectivity index (χ1n) is 3.94. The summed E-state index contributed by atoms with van der Waals surface area (Å²) >= 11 is 0. The number of nitrogens with two attached hydrogens (primary N) is 1. The Morgan fingerprint density at radius 1 is 1.38 bits per heavy atom. The van der Waals surface area contributed by atoms with E-state index in [0.29, 0.717) is 0 Å². The van der Waals surface area contributed by atoms with Crippen LogP contribution in [0.25, 0.3) is 0 Å². The molecule has 1 amide bonds. The van der Waals surface area contributed by atoms with Gasteiger partial charge in [0.25, 0.3) is 5.91 Å². The van der Waals surface area contributed by atoms with Crippen molar-refractivity contribution in [3.8, 4) is 0 Å². The lowest BCUT2D eigenvalue weighted by Gasteiger charge is -2.10. The van der Waals surface area contributed by atoms with Gasteiger partial charge >= 0.3 is 0 Å². The van der Waals surface area contributed by atoms with Crippen molar-refractivity contribution in [3.63, 3.8) is 0 Å². The van der Waals surface area contributed by atoms with Gasteiger partial charge < -0.3 is 5.73 Å². The van der Waals surface area contributed by atoms with E-state index in [9.17, 15) is 4.79 Å². The fourth-order valence-electron chi connectivity index (χ4n) is 0.999. The van der Waals surface area contributed by atoms with E-state index in [1.807, 2.05) is 12.1 Å². The van der Waals surface area contributed by atoms with Gasteiger partial charge in [0.2, 0.25) is 0 Å². The van der Waals surface area contributed by atoms with E-state index in [1.165, 1.54) is 0 Å². The normalized spacial score (nSPS) is 17.3. The highest BCUT2D eigenvalue weighted by atomic mass is 35.5. The molecule has 13 heavy (non-hydrogen) atoms. The number of nitrogens with one attached hydrogen (secondary N) is 1. The van der Waals surface area contributed by atoms with E-state index in [0.717, 1.165) is 12.8 Å². The summed E-state index contributed by atoms with van der Waals surface area (Å²) in [5.74, 6) is -0.0984. The van der Waals surface area contributed by atoms with Crippen LogP contribution in [-0.4, -0.2) is 16.1 Å². The Labute approximate surface area is 82.5 Å². The molecule has 1 aliphatic carbocycles. The largest absolute Gasteiger partial charge is 0.317 e. The SMILES string of the molecule is Cl.NC1(C(=O)Nn2cccc2)CC1. The summed E-state index contributed by atoms with van der Waals surface area (Å²) in [7, 11) is 0. The van der Waals surface area contributed by atoms with Crippen LogP contribution in [0.1, 0.15) is 12.8 Å². The second-order valence-electron chi connectivity index (χ2n) is 3.19. The molecule has 0 radical (unpaired) electrons. The summed E-state index contributed by atoms with van der Waals surface area (Å²) < 4.78 is 1.61. The van der Waals surface area contributed by atoms with Gasteiger partial charge in [0, 0.05) is 12.4 Å². The molecule has 3 N–H and O–H groups in total. The van der Waals surface area contributed by atoms with Gasteiger partial charge in [0.05, 0.1) is 5.54 Å². The molecule has 1 fully saturated rings. The Morgan fingerprint density at radius 3 is 2.38 bits per heavy atom. The van der Waals surface area contributed by atoms with Gasteiger partial charge in [-0.3, -0.25) is 14.9 Å². The molecular formula is C8H12ClN3O. The van der Waals surface area contributed by atoms with Gasteiger partial charge in [-0.25, -0.2) is 0 Å². The third-order valence-electron chi connectivity index (χ3n) is 2.08. The number of nitrogens with zero attached hydrogens (tertiary/aromatic N) is 1. The Kier molecular flexibility index (Phi) is 2.63. The zero-order chi connectivity index (χ0) is 8.60. The smallest absolute Gasteiger partial charge is 0.258 e. The molecule has 0 spiro atoms. The van der Waals surface area contributed by atoms with Crippen molar-refractivity contribution in [2.24, 2.45) is 5.73 Å². The molecule has 72 valence electrons. The van der Waals surface area contributed by atoms with Gasteiger partial charge in [0.1, 0.15) is 0 Å². The third kappa shape index (κ3) is 2.02. The standard InChI is InChI=1S/C8H11N3O.ClH/c9-8(3-4-8)7(12)10-11-5-1-2-6-11;/h1-2,5-6H,3-4,9H2,(H,10,12);1H. The minimum absolute atomic E-state index is 0. The second-order valence-corrected chi connectivity index (χ2v) is 3.19. The molecule has 0 saturated heterocycles. The van der Waals surface area contributed by atoms with Crippen LogP contribution < -0.4 is 11.2 Å². The lowest BCUT2D eigenvalue weighted by Crippen LogP contribution is -2.40. The van der Waals surface area contributed by atoms with Gasteiger partial charge in [0.15, 0.2) is 0 Å². The molecule has 1 aromatic heterocycles. The highest BCUT2D eigenvalue weighted by Gasteiger charge is 2.46. The monoisotopic (exact) mass is 201 g/mol. The molecule has 0 aliphatic heterocycles. The molecule has 0 unspecified atom stereocenters. The van der Waals surface area contributed by atoms with Crippen molar-refractivity contribution in [2.45, 2.75) is 18.4 Å². The summed E-state index contributed by atoms with van der Waals surface area (Å²) in [5, 5.41) is 0. The number of carbonyl (C=O) groups is 1. The number of carbonyl (C=O) groups excluding carboxylic acids is 1. The Bertz CT molecular complexity index is 292. The summed E-state index contributed by atoms with van der Waals surface area (Å²) in [4.78, 5) is 11.3. The molecule has 2 rings (SSSR count). The minimum Gasteiger partial charge on any atom is -0.317 e. The maximum Gasteiger partial charge on any atom is 0.258 e. The predicted octanol–water partition coefficient (Wildman–Crippen LogP) is 0.471. The number of halogens is 1. The lowest BCUT2D eigenvalue weighted by atomic mass is 10.3. The van der Waals surface area contributed by atoms with Crippen molar-refractivity contribution < 1.29 is 4.79 Å². The average molecular weight is 202 g/mol. The quantitative estimate of drug-likeness (QED) is 0.731. The molecule has 0 bridgehead atoms. The van der Waals surface area contributed by atoms with Crippen molar-refractivity contribution >= 4 is 18.3 Å². The fraction of sp³-hybridized carbons (Fsp3) is 0.375. The van der Waals surface area contributed by atoms with Gasteiger partial charge in [-0.15, -0.1) is 12.4 Å². The van der Waals surface area contributed by atoms with Crippen molar-refractivity contribution in [3.05, 3.63) is 24.5 Å². The zero-order valence-electron chi connectivity index (χ0n) is 7.06. The van der Waals surface area contributed by atoms with E-state index in [1.54, 1.807) is 17.1 Å². The zero-order valence-corrected chi connectivity index (χ0v) is 7.88. The Hall–Kier alpha value is -1.00. The Balaban J connectivity index is 0.000000845. The number of rotatable bonds is 2. The van der Waals surface area contributed by atoms with Crippen LogP contribution in [0, 0.1) is 0 Å². The lowest BCUT2D eigenvalue weighted by molar-refractivity contribution is -0.119. The van der Waals surface area contributed by atoms with Crippen LogP contribution in [0.5, 0.6) is 0 Å². The molecule has 4 nitrogen and oxygen atoms in total. The van der Waals surface area contributed by atoms with Crippen molar-refractivity contribution in [1.29, 1.82) is 0 Å². The molecule has 5 heteroatoms. The number of hydrogen-bond acceptors (Lipinski definition) is 2. The van der Waals surface area contributed by atoms with Crippen LogP contribution in [0.15, 0.2) is 24.5 Å². The molecule has 1 heterocycles. The first-order chi connectivity index (χ1) is 5.71. The van der Waals surface area contributed by atoms with Crippen molar-refractivity contribution in [1.82, 2.24) is 4.68 Å². The molecule has 1 aliphatic rings. The third-order valence-corrected chi connectivity index (χ3v) is 2.08. The van der Waals surface area contributed by atoms with Crippen LogP contribution >= 0.6 is 12.4 Å². The fourth-order valence-corrected chi connectivity index (χ4v) is 0.999. The molecule has 1 aromatic rings. The highest BCUT2D eigenvalue weighted by molar-refractivity contribution is 5.95. The van der Waals surface area contributed by atoms with Crippen LogP contribution in [-0.2, 0) is 4.79 Å². The molecule has 0 aromatic carbocycles. The Morgan fingerprint density at radius 2 is 1.92 bits per heavy atom. The average Bonchev–Trinajstić information content (AvgIpc) is 2.63.